The molecule has 5 nitrogen and oxygen atoms in total. The fourth-order valence-electron chi connectivity index (χ4n) is 2.82. The first kappa shape index (κ1) is 16.1. The Bertz CT molecular complexity index is 766. The summed E-state index contributed by atoms with van der Waals surface area (Å²) in [5.41, 5.74) is 5.33. The molecule has 2 N–H and O–H groups in total. The SMILES string of the molecule is COc1ccc2sc(C(=O)N3CCC(C(N)=O)CC3)c(Cl)c2c1. The molecule has 0 spiro atoms. The van der Waals surface area contributed by atoms with Crippen LogP contribution in [0.2, 0.25) is 5.02 Å². The number of hydrogen-bond acceptors (Lipinski definition) is 4. The molecular formula is C16H17ClN2O3S. The summed E-state index contributed by atoms with van der Waals surface area (Å²) in [6.45, 7) is 1.06. The minimum atomic E-state index is -0.288. The maximum atomic E-state index is 12.7. The Morgan fingerprint density at radius 1 is 1.35 bits per heavy atom. The molecule has 0 unspecified atom stereocenters. The summed E-state index contributed by atoms with van der Waals surface area (Å²) in [5, 5.41) is 1.29. The number of nitrogens with zero attached hydrogens (tertiary/aromatic N) is 1. The van der Waals surface area contributed by atoms with E-state index < -0.39 is 0 Å². The zero-order valence-corrected chi connectivity index (χ0v) is 14.2. The van der Waals surface area contributed by atoms with Crippen LogP contribution in [0.3, 0.4) is 0 Å². The van der Waals surface area contributed by atoms with E-state index in [1.807, 2.05) is 18.2 Å². The maximum Gasteiger partial charge on any atom is 0.265 e. The topological polar surface area (TPSA) is 72.6 Å². The number of ether oxygens (including phenoxy) is 1. The molecule has 1 aromatic heterocycles. The van der Waals surface area contributed by atoms with E-state index in [4.69, 9.17) is 22.1 Å². The van der Waals surface area contributed by atoms with Gasteiger partial charge in [0, 0.05) is 29.1 Å². The highest BCUT2D eigenvalue weighted by molar-refractivity contribution is 7.21. The number of fused-ring (bicyclic) bond motifs is 1. The van der Waals surface area contributed by atoms with Gasteiger partial charge in [-0.1, -0.05) is 11.6 Å². The van der Waals surface area contributed by atoms with E-state index in [1.165, 1.54) is 11.3 Å². The number of primary amides is 1. The Morgan fingerprint density at radius 2 is 2.04 bits per heavy atom. The predicted octanol–water partition coefficient (Wildman–Crippen LogP) is 2.90. The Morgan fingerprint density at radius 3 is 2.65 bits per heavy atom. The van der Waals surface area contributed by atoms with Gasteiger partial charge in [0.15, 0.2) is 0 Å². The first-order chi connectivity index (χ1) is 11.0. The number of likely N-dealkylation sites (tertiary alicyclic amines) is 1. The van der Waals surface area contributed by atoms with Gasteiger partial charge in [-0.2, -0.15) is 0 Å². The lowest BCUT2D eigenvalue weighted by Crippen LogP contribution is -2.41. The van der Waals surface area contributed by atoms with Crippen LogP contribution in [0, 0.1) is 5.92 Å². The standard InChI is InChI=1S/C16H17ClN2O3S/c1-22-10-2-3-12-11(8-10)13(17)14(23-12)16(21)19-6-4-9(5-7-19)15(18)20/h2-3,8-9H,4-7H2,1H3,(H2,18,20). The Labute approximate surface area is 143 Å². The van der Waals surface area contributed by atoms with E-state index in [-0.39, 0.29) is 17.7 Å². The van der Waals surface area contributed by atoms with Crippen LogP contribution in [0.25, 0.3) is 10.1 Å². The van der Waals surface area contributed by atoms with E-state index >= 15 is 0 Å². The third kappa shape index (κ3) is 3.01. The summed E-state index contributed by atoms with van der Waals surface area (Å²) in [7, 11) is 1.59. The molecule has 0 aliphatic carbocycles. The number of carbonyl (C=O) groups is 2. The fraction of sp³-hybridized carbons (Fsp3) is 0.375. The predicted molar refractivity (Wildman–Crippen MR) is 91.2 cm³/mol. The Hall–Kier alpha value is -1.79. The largest absolute Gasteiger partial charge is 0.497 e. The van der Waals surface area contributed by atoms with Crippen molar-refractivity contribution in [1.82, 2.24) is 4.90 Å². The van der Waals surface area contributed by atoms with E-state index in [9.17, 15) is 9.59 Å². The number of piperidine rings is 1. The molecule has 23 heavy (non-hydrogen) atoms. The number of methoxy groups -OCH3 is 1. The molecule has 1 aromatic carbocycles. The average Bonchev–Trinajstić information content (AvgIpc) is 2.90. The second-order valence-electron chi connectivity index (χ2n) is 5.58. The van der Waals surface area contributed by atoms with Crippen LogP contribution in [0.1, 0.15) is 22.5 Å². The van der Waals surface area contributed by atoms with E-state index in [1.54, 1.807) is 12.0 Å². The summed E-state index contributed by atoms with van der Waals surface area (Å²) in [5.74, 6) is 0.196. The molecule has 1 fully saturated rings. The number of hydrogen-bond donors (Lipinski definition) is 1. The molecule has 0 bridgehead atoms. The Kier molecular flexibility index (Phi) is 4.46. The molecule has 0 radical (unpaired) electrons. The van der Waals surface area contributed by atoms with Gasteiger partial charge in [0.2, 0.25) is 5.91 Å². The molecule has 7 heteroatoms. The highest BCUT2D eigenvalue weighted by Crippen LogP contribution is 2.38. The lowest BCUT2D eigenvalue weighted by atomic mass is 9.96. The van der Waals surface area contributed by atoms with Crippen molar-refractivity contribution in [3.05, 3.63) is 28.1 Å². The smallest absolute Gasteiger partial charge is 0.265 e. The minimum Gasteiger partial charge on any atom is -0.497 e. The molecule has 2 amide bonds. The number of rotatable bonds is 3. The normalized spacial score (nSPS) is 15.8. The van der Waals surface area contributed by atoms with Gasteiger partial charge in [-0.25, -0.2) is 0 Å². The van der Waals surface area contributed by atoms with Crippen molar-refractivity contribution < 1.29 is 14.3 Å². The van der Waals surface area contributed by atoms with Crippen LogP contribution in [-0.2, 0) is 4.79 Å². The van der Waals surface area contributed by atoms with Crippen molar-refractivity contribution in [3.63, 3.8) is 0 Å². The highest BCUT2D eigenvalue weighted by Gasteiger charge is 2.28. The van der Waals surface area contributed by atoms with Crippen molar-refractivity contribution in [2.45, 2.75) is 12.8 Å². The van der Waals surface area contributed by atoms with Gasteiger partial charge < -0.3 is 15.4 Å². The highest BCUT2D eigenvalue weighted by atomic mass is 35.5. The molecule has 0 atom stereocenters. The van der Waals surface area contributed by atoms with E-state index in [0.29, 0.717) is 41.6 Å². The van der Waals surface area contributed by atoms with Crippen molar-refractivity contribution in [1.29, 1.82) is 0 Å². The third-order valence-corrected chi connectivity index (χ3v) is 5.88. The summed E-state index contributed by atoms with van der Waals surface area (Å²) >= 11 is 7.79. The van der Waals surface area contributed by atoms with Crippen molar-refractivity contribution in [2.75, 3.05) is 20.2 Å². The van der Waals surface area contributed by atoms with Crippen molar-refractivity contribution >= 4 is 44.8 Å². The van der Waals surface area contributed by atoms with Gasteiger partial charge >= 0.3 is 0 Å². The molecule has 1 saturated heterocycles. The zero-order valence-electron chi connectivity index (χ0n) is 12.7. The second kappa shape index (κ2) is 6.37. The number of benzene rings is 1. The monoisotopic (exact) mass is 352 g/mol. The van der Waals surface area contributed by atoms with Crippen molar-refractivity contribution in [2.24, 2.45) is 11.7 Å². The van der Waals surface area contributed by atoms with Crippen LogP contribution in [0.15, 0.2) is 18.2 Å². The summed E-state index contributed by atoms with van der Waals surface area (Å²) < 4.78 is 6.15. The van der Waals surface area contributed by atoms with Crippen LogP contribution in [0.5, 0.6) is 5.75 Å². The van der Waals surface area contributed by atoms with Gasteiger partial charge in [-0.15, -0.1) is 11.3 Å². The van der Waals surface area contributed by atoms with Crippen LogP contribution in [-0.4, -0.2) is 36.9 Å². The van der Waals surface area contributed by atoms with E-state index in [0.717, 1.165) is 10.1 Å². The molecular weight excluding hydrogens is 336 g/mol. The van der Waals surface area contributed by atoms with Crippen molar-refractivity contribution in [3.8, 4) is 5.75 Å². The number of carbonyl (C=O) groups excluding carboxylic acids is 2. The zero-order chi connectivity index (χ0) is 16.6. The molecule has 122 valence electrons. The minimum absolute atomic E-state index is 0.0851. The van der Waals surface area contributed by atoms with Gasteiger partial charge in [-0.3, -0.25) is 9.59 Å². The average molecular weight is 353 g/mol. The molecule has 0 saturated carbocycles. The van der Waals surface area contributed by atoms with E-state index in [2.05, 4.69) is 0 Å². The number of amides is 2. The maximum absolute atomic E-state index is 12.7. The lowest BCUT2D eigenvalue weighted by molar-refractivity contribution is -0.123. The van der Waals surface area contributed by atoms with Gasteiger partial charge in [0.05, 0.1) is 12.1 Å². The molecule has 3 rings (SSSR count). The summed E-state index contributed by atoms with van der Waals surface area (Å²) in [6.07, 6.45) is 1.22. The van der Waals surface area contributed by atoms with Crippen LogP contribution < -0.4 is 10.5 Å². The van der Waals surface area contributed by atoms with Gasteiger partial charge in [-0.05, 0) is 31.0 Å². The first-order valence-electron chi connectivity index (χ1n) is 7.36. The first-order valence-corrected chi connectivity index (χ1v) is 8.55. The number of thiophene rings is 1. The van der Waals surface area contributed by atoms with Crippen LogP contribution in [0.4, 0.5) is 0 Å². The van der Waals surface area contributed by atoms with Gasteiger partial charge in [0.1, 0.15) is 10.6 Å². The quantitative estimate of drug-likeness (QED) is 0.923. The molecule has 2 aromatic rings. The number of halogens is 1. The number of nitrogens with two attached hydrogens (primary N) is 1. The van der Waals surface area contributed by atoms with Gasteiger partial charge in [0.25, 0.3) is 5.91 Å². The second-order valence-corrected chi connectivity index (χ2v) is 7.01. The third-order valence-electron chi connectivity index (χ3n) is 4.21. The van der Waals surface area contributed by atoms with Crippen LogP contribution >= 0.6 is 22.9 Å². The molecule has 1 aliphatic rings. The molecule has 2 heterocycles. The molecule has 1 aliphatic heterocycles. The fourth-order valence-corrected chi connectivity index (χ4v) is 4.27. The lowest BCUT2D eigenvalue weighted by Gasteiger charge is -2.30. The Balaban J connectivity index is 1.84. The summed E-state index contributed by atoms with van der Waals surface area (Å²) in [6, 6.07) is 5.59. The summed E-state index contributed by atoms with van der Waals surface area (Å²) in [4.78, 5) is 26.2.